The van der Waals surface area contributed by atoms with E-state index in [9.17, 15) is 9.59 Å². The molecule has 0 radical (unpaired) electrons. The molecule has 5 rings (SSSR count). The number of carbonyl (C=O) groups excluding carboxylic acids is 2. The molecule has 3 aromatic carbocycles. The summed E-state index contributed by atoms with van der Waals surface area (Å²) in [6.45, 7) is 21.5. The van der Waals surface area contributed by atoms with Gasteiger partial charge in [-0.05, 0) is 80.1 Å². The Morgan fingerprint density at radius 3 is 1.46 bits per heavy atom. The minimum absolute atomic E-state index is 0.0446. The third-order valence-electron chi connectivity index (χ3n) is 11.3. The molecule has 2 fully saturated rings. The molecular formula is C46H67N3O7Si. The maximum absolute atomic E-state index is 13.5. The third kappa shape index (κ3) is 12.0. The van der Waals surface area contributed by atoms with Crippen LogP contribution < -0.4 is 15.1 Å². The molecular weight excluding hydrogens is 735 g/mol. The summed E-state index contributed by atoms with van der Waals surface area (Å²) in [5, 5.41) is 3.11. The second kappa shape index (κ2) is 20.4. The van der Waals surface area contributed by atoms with Crippen molar-refractivity contribution in [3.63, 3.8) is 0 Å². The fourth-order valence-electron chi connectivity index (χ4n) is 7.42. The lowest BCUT2D eigenvalue weighted by Crippen LogP contribution is -2.47. The van der Waals surface area contributed by atoms with Gasteiger partial charge in [-0.1, -0.05) is 96.0 Å². The minimum atomic E-state index is -2.77. The number of epoxide rings is 2. The molecule has 57 heavy (non-hydrogen) atoms. The third-order valence-corrected chi connectivity index (χ3v) is 14.4. The van der Waals surface area contributed by atoms with Gasteiger partial charge < -0.3 is 33.0 Å². The van der Waals surface area contributed by atoms with Crippen LogP contribution in [0.3, 0.4) is 0 Å². The lowest BCUT2D eigenvalue weighted by atomic mass is 9.74. The van der Waals surface area contributed by atoms with Gasteiger partial charge in [0, 0.05) is 61.0 Å². The zero-order valence-electron chi connectivity index (χ0n) is 35.7. The van der Waals surface area contributed by atoms with Crippen molar-refractivity contribution in [1.82, 2.24) is 5.32 Å². The first-order valence-corrected chi connectivity index (χ1v) is 23.1. The predicted octanol–water partition coefficient (Wildman–Crippen LogP) is 9.00. The highest BCUT2D eigenvalue weighted by Crippen LogP contribution is 2.37. The highest BCUT2D eigenvalue weighted by atomic mass is 28.4. The van der Waals surface area contributed by atoms with Gasteiger partial charge in [0.1, 0.15) is 0 Å². The SMILES string of the molecule is CCCCCC(=O)N(CC1CO1)c1ccc(C(C)(C)c2ccc(C(C)(C)c3ccc(N(CC4CO4)C(=O)NCCC[Si](OCC)(OCC)OCC)cc3)cc2)cc1. The molecule has 2 atom stereocenters. The van der Waals surface area contributed by atoms with Gasteiger partial charge in [-0.2, -0.15) is 0 Å². The summed E-state index contributed by atoms with van der Waals surface area (Å²) < 4.78 is 29.0. The highest BCUT2D eigenvalue weighted by Gasteiger charge is 2.40. The fourth-order valence-corrected chi connectivity index (χ4v) is 10.0. The summed E-state index contributed by atoms with van der Waals surface area (Å²) in [5.74, 6) is 0.170. The zero-order chi connectivity index (χ0) is 41.1. The molecule has 2 aliphatic heterocycles. The van der Waals surface area contributed by atoms with E-state index >= 15 is 0 Å². The van der Waals surface area contributed by atoms with Crippen molar-refractivity contribution < 1.29 is 32.3 Å². The summed E-state index contributed by atoms with van der Waals surface area (Å²) in [6.07, 6.45) is 4.51. The van der Waals surface area contributed by atoms with Crippen molar-refractivity contribution >= 4 is 32.1 Å². The first-order chi connectivity index (χ1) is 27.4. The Bertz CT molecular complexity index is 1690. The van der Waals surface area contributed by atoms with Crippen LogP contribution in [0.4, 0.5) is 16.2 Å². The molecule has 1 N–H and O–H groups in total. The number of benzene rings is 3. The van der Waals surface area contributed by atoms with Crippen LogP contribution in [0.1, 0.15) is 110 Å². The van der Waals surface area contributed by atoms with E-state index in [0.717, 1.165) is 42.8 Å². The van der Waals surface area contributed by atoms with E-state index in [1.165, 1.54) is 16.7 Å². The number of amides is 3. The van der Waals surface area contributed by atoms with E-state index in [-0.39, 0.29) is 35.0 Å². The van der Waals surface area contributed by atoms with Gasteiger partial charge in [-0.25, -0.2) is 4.79 Å². The number of rotatable bonds is 24. The molecule has 2 heterocycles. The summed E-state index contributed by atoms with van der Waals surface area (Å²) in [6, 6.07) is 26.2. The van der Waals surface area contributed by atoms with Gasteiger partial charge in [0.25, 0.3) is 0 Å². The molecule has 0 spiro atoms. The number of urea groups is 1. The number of hydrogen-bond acceptors (Lipinski definition) is 7. The number of unbranched alkanes of at least 4 members (excludes halogenated alkanes) is 2. The first-order valence-electron chi connectivity index (χ1n) is 21.2. The van der Waals surface area contributed by atoms with Gasteiger partial charge in [-0.3, -0.25) is 9.69 Å². The molecule has 0 saturated carbocycles. The van der Waals surface area contributed by atoms with Crippen LogP contribution in [-0.2, 0) is 38.4 Å². The molecule has 0 bridgehead atoms. The van der Waals surface area contributed by atoms with Crippen LogP contribution >= 0.6 is 0 Å². The summed E-state index contributed by atoms with van der Waals surface area (Å²) >= 11 is 0. The van der Waals surface area contributed by atoms with Crippen molar-refractivity contribution in [3.05, 3.63) is 95.1 Å². The summed E-state index contributed by atoms with van der Waals surface area (Å²) in [5.41, 5.74) is 6.02. The predicted molar refractivity (Wildman–Crippen MR) is 230 cm³/mol. The molecule has 3 aromatic rings. The molecule has 3 amide bonds. The molecule has 0 aromatic heterocycles. The monoisotopic (exact) mass is 801 g/mol. The second-order valence-electron chi connectivity index (χ2n) is 16.2. The topological polar surface area (TPSA) is 105 Å². The van der Waals surface area contributed by atoms with Crippen LogP contribution in [-0.4, -0.2) is 85.6 Å². The van der Waals surface area contributed by atoms with E-state index in [2.05, 4.69) is 101 Å². The largest absolute Gasteiger partial charge is 0.500 e. The lowest BCUT2D eigenvalue weighted by molar-refractivity contribution is -0.118. The number of anilines is 2. The Morgan fingerprint density at radius 2 is 1.05 bits per heavy atom. The van der Waals surface area contributed by atoms with Crippen LogP contribution in [0.15, 0.2) is 72.8 Å². The smallest absolute Gasteiger partial charge is 0.374 e. The first kappa shape index (κ1) is 44.5. The van der Waals surface area contributed by atoms with Gasteiger partial charge in [0.2, 0.25) is 5.91 Å². The zero-order valence-corrected chi connectivity index (χ0v) is 36.7. The van der Waals surface area contributed by atoms with Crippen LogP contribution in [0.2, 0.25) is 6.04 Å². The molecule has 11 heteroatoms. The maximum Gasteiger partial charge on any atom is 0.500 e. The van der Waals surface area contributed by atoms with Crippen LogP contribution in [0.25, 0.3) is 0 Å². The van der Waals surface area contributed by atoms with Gasteiger partial charge >= 0.3 is 14.8 Å². The van der Waals surface area contributed by atoms with Crippen molar-refractivity contribution in [2.24, 2.45) is 0 Å². The average Bonchev–Trinajstić information content (AvgIpc) is 4.15. The van der Waals surface area contributed by atoms with E-state index in [4.69, 9.17) is 22.8 Å². The van der Waals surface area contributed by atoms with E-state index in [1.807, 2.05) is 37.8 Å². The number of hydrogen-bond donors (Lipinski definition) is 1. The van der Waals surface area contributed by atoms with Crippen LogP contribution in [0, 0.1) is 0 Å². The van der Waals surface area contributed by atoms with Gasteiger partial charge in [-0.15, -0.1) is 0 Å². The van der Waals surface area contributed by atoms with Gasteiger partial charge in [0.15, 0.2) is 0 Å². The van der Waals surface area contributed by atoms with Crippen molar-refractivity contribution in [3.8, 4) is 0 Å². The minimum Gasteiger partial charge on any atom is -0.374 e. The molecule has 312 valence electrons. The van der Waals surface area contributed by atoms with Gasteiger partial charge in [0.05, 0.1) is 38.5 Å². The Balaban J connectivity index is 1.23. The number of nitrogens with zero attached hydrogens (tertiary/aromatic N) is 2. The highest BCUT2D eigenvalue weighted by molar-refractivity contribution is 6.60. The lowest BCUT2D eigenvalue weighted by Gasteiger charge is -2.30. The Morgan fingerprint density at radius 1 is 0.649 bits per heavy atom. The molecule has 0 aliphatic carbocycles. The fraction of sp³-hybridized carbons (Fsp3) is 0.565. The standard InChI is InChI=1S/C46H67N3O7Si/c1-9-13-14-16-43(50)48(31-41-33-52-41)39-25-21-37(22-26-39)45(5,6)35-17-19-36(20-18-35)46(7,8)38-23-27-40(28-24-38)49(32-42-34-53-42)44(51)47-29-15-30-57(54-10-2,55-11-3)56-12-4/h17-28,41-42H,9-16,29-34H2,1-8H3,(H,47,51). The molecule has 10 nitrogen and oxygen atoms in total. The number of nitrogens with one attached hydrogen (secondary N) is 1. The van der Waals surface area contributed by atoms with Crippen molar-refractivity contribution in [2.75, 3.05) is 62.5 Å². The number of ether oxygens (including phenoxy) is 2. The molecule has 2 saturated heterocycles. The molecule has 2 unspecified atom stereocenters. The Kier molecular flexibility index (Phi) is 15.9. The van der Waals surface area contributed by atoms with Crippen LogP contribution in [0.5, 0.6) is 0 Å². The Labute approximate surface area is 342 Å². The normalized spacial score (nSPS) is 16.6. The average molecular weight is 802 g/mol. The summed E-state index contributed by atoms with van der Waals surface area (Å²) in [7, 11) is -2.77. The van der Waals surface area contributed by atoms with Crippen molar-refractivity contribution in [2.45, 2.75) is 117 Å². The van der Waals surface area contributed by atoms with E-state index < -0.39 is 8.80 Å². The number of carbonyl (C=O) groups is 2. The Hall–Kier alpha value is -3.58. The maximum atomic E-state index is 13.5. The van der Waals surface area contributed by atoms with E-state index in [0.29, 0.717) is 64.9 Å². The van der Waals surface area contributed by atoms with E-state index in [1.54, 1.807) is 4.90 Å². The van der Waals surface area contributed by atoms with Crippen molar-refractivity contribution in [1.29, 1.82) is 0 Å². The molecule has 2 aliphatic rings. The summed E-state index contributed by atoms with van der Waals surface area (Å²) in [4.78, 5) is 30.4. The second-order valence-corrected chi connectivity index (χ2v) is 19.0. The quantitative estimate of drug-likeness (QED) is 0.0548.